The first-order valence-electron chi connectivity index (χ1n) is 10.9. The second-order valence-electron chi connectivity index (χ2n) is 7.48. The fraction of sp³-hybridized carbons (Fsp3) is 0.407. The lowest BCUT2D eigenvalue weighted by Gasteiger charge is -2.33. The number of allylic oxidation sites excluding steroid dienone is 3. The van der Waals surface area contributed by atoms with Crippen molar-refractivity contribution in [1.29, 1.82) is 0 Å². The van der Waals surface area contributed by atoms with Gasteiger partial charge in [-0.1, -0.05) is 87.5 Å². The Morgan fingerprint density at radius 3 is 2.21 bits per heavy atom. The van der Waals surface area contributed by atoms with Gasteiger partial charge in [-0.05, 0) is 49.8 Å². The van der Waals surface area contributed by atoms with Crippen molar-refractivity contribution in [1.82, 2.24) is 4.90 Å². The van der Waals surface area contributed by atoms with Crippen molar-refractivity contribution in [2.75, 3.05) is 13.1 Å². The predicted octanol–water partition coefficient (Wildman–Crippen LogP) is 7.60. The van der Waals surface area contributed by atoms with Crippen molar-refractivity contribution in [2.45, 2.75) is 59.8 Å². The molecule has 2 aromatic carbocycles. The van der Waals surface area contributed by atoms with Gasteiger partial charge in [-0.3, -0.25) is 0 Å². The highest BCUT2D eigenvalue weighted by Crippen LogP contribution is 2.31. The Morgan fingerprint density at radius 2 is 1.64 bits per heavy atom. The van der Waals surface area contributed by atoms with E-state index >= 15 is 0 Å². The van der Waals surface area contributed by atoms with Gasteiger partial charge in [0, 0.05) is 30.3 Å². The Balaban J connectivity index is 2.41. The van der Waals surface area contributed by atoms with E-state index in [4.69, 9.17) is 0 Å². The first-order chi connectivity index (χ1) is 13.7. The van der Waals surface area contributed by atoms with E-state index in [1.54, 1.807) is 0 Å². The molecular weight excluding hydrogens is 338 g/mol. The monoisotopic (exact) mass is 375 g/mol. The van der Waals surface area contributed by atoms with Gasteiger partial charge in [0.1, 0.15) is 0 Å². The van der Waals surface area contributed by atoms with Crippen molar-refractivity contribution in [3.05, 3.63) is 89.1 Å². The number of benzene rings is 2. The van der Waals surface area contributed by atoms with Crippen molar-refractivity contribution < 1.29 is 0 Å². The summed E-state index contributed by atoms with van der Waals surface area (Å²) in [7, 11) is 0. The Morgan fingerprint density at radius 1 is 0.964 bits per heavy atom. The molecule has 0 aliphatic heterocycles. The number of hydrogen-bond donors (Lipinski definition) is 0. The van der Waals surface area contributed by atoms with Crippen LogP contribution in [0.2, 0.25) is 0 Å². The van der Waals surface area contributed by atoms with Crippen LogP contribution in [0, 0.1) is 6.92 Å². The summed E-state index contributed by atoms with van der Waals surface area (Å²) in [5.74, 6) is 0.544. The molecule has 0 amide bonds. The number of nitrogens with zero attached hydrogens (tertiary/aromatic N) is 1. The molecule has 0 N–H and O–H groups in total. The topological polar surface area (TPSA) is 3.24 Å². The van der Waals surface area contributed by atoms with Crippen molar-refractivity contribution in [3.63, 3.8) is 0 Å². The van der Waals surface area contributed by atoms with E-state index in [0.717, 1.165) is 32.4 Å². The lowest BCUT2D eigenvalue weighted by atomic mass is 9.93. The smallest absolute Gasteiger partial charge is 0.0402 e. The van der Waals surface area contributed by atoms with E-state index in [9.17, 15) is 0 Å². The van der Waals surface area contributed by atoms with Crippen LogP contribution >= 0.6 is 0 Å². The summed E-state index contributed by atoms with van der Waals surface area (Å²) in [6.07, 6.45) is 8.04. The van der Waals surface area contributed by atoms with Crippen LogP contribution in [-0.4, -0.2) is 18.0 Å². The lowest BCUT2D eigenvalue weighted by molar-refractivity contribution is 0.326. The van der Waals surface area contributed by atoms with Gasteiger partial charge in [0.25, 0.3) is 0 Å². The van der Waals surface area contributed by atoms with Crippen LogP contribution in [0.1, 0.15) is 69.6 Å². The van der Waals surface area contributed by atoms with Crippen LogP contribution in [0.25, 0.3) is 5.57 Å². The van der Waals surface area contributed by atoms with Crippen LogP contribution in [0.4, 0.5) is 0 Å². The molecule has 2 rings (SSSR count). The second-order valence-corrected chi connectivity index (χ2v) is 7.48. The first-order valence-corrected chi connectivity index (χ1v) is 10.9. The number of rotatable bonds is 10. The third-order valence-corrected chi connectivity index (χ3v) is 5.44. The molecule has 1 heteroatoms. The molecule has 0 saturated carbocycles. The third-order valence-electron chi connectivity index (χ3n) is 5.44. The van der Waals surface area contributed by atoms with E-state index in [1.165, 1.54) is 28.0 Å². The molecule has 0 aromatic heterocycles. The van der Waals surface area contributed by atoms with Gasteiger partial charge in [-0.2, -0.15) is 0 Å². The lowest BCUT2D eigenvalue weighted by Crippen LogP contribution is -2.29. The highest BCUT2D eigenvalue weighted by atomic mass is 15.1. The van der Waals surface area contributed by atoms with Crippen LogP contribution in [0.5, 0.6) is 0 Å². The molecule has 1 atom stereocenters. The molecule has 150 valence electrons. The number of aryl methyl sites for hydroxylation is 1. The van der Waals surface area contributed by atoms with Gasteiger partial charge in [-0.15, -0.1) is 0 Å². The molecular formula is C27H37N. The van der Waals surface area contributed by atoms with Crippen molar-refractivity contribution in [3.8, 4) is 0 Å². The van der Waals surface area contributed by atoms with Gasteiger partial charge >= 0.3 is 0 Å². The molecule has 0 aliphatic carbocycles. The number of hydrogen-bond acceptors (Lipinski definition) is 1. The SMILES string of the molecule is C/C=C(/C(=C\CC)N(CCC)CC(CC)c1ccccc1)c1ccccc1C. The second kappa shape index (κ2) is 11.5. The van der Waals surface area contributed by atoms with Gasteiger partial charge in [-0.25, -0.2) is 0 Å². The fourth-order valence-corrected chi connectivity index (χ4v) is 3.96. The van der Waals surface area contributed by atoms with Crippen LogP contribution < -0.4 is 0 Å². The molecule has 2 aromatic rings. The zero-order chi connectivity index (χ0) is 20.4. The Labute approximate surface area is 172 Å². The third kappa shape index (κ3) is 5.61. The molecule has 1 nitrogen and oxygen atoms in total. The Bertz CT molecular complexity index is 770. The Kier molecular flexibility index (Phi) is 9.07. The summed E-state index contributed by atoms with van der Waals surface area (Å²) in [6, 6.07) is 19.7. The van der Waals surface area contributed by atoms with Crippen molar-refractivity contribution in [2.24, 2.45) is 0 Å². The maximum Gasteiger partial charge on any atom is 0.0402 e. The standard InChI is InChI=1S/C27H37N/c1-6-15-27(25(9-4)26-19-14-13-16-22(26)5)28(20-7-2)21-23(8-3)24-17-11-10-12-18-24/h9-19,23H,6-8,20-21H2,1-5H3/b25-9+,27-15+. The zero-order valence-corrected chi connectivity index (χ0v) is 18.4. The van der Waals surface area contributed by atoms with E-state index in [1.807, 2.05) is 0 Å². The van der Waals surface area contributed by atoms with E-state index in [2.05, 4.69) is 106 Å². The zero-order valence-electron chi connectivity index (χ0n) is 18.4. The predicted molar refractivity (Wildman–Crippen MR) is 125 cm³/mol. The molecule has 0 heterocycles. The van der Waals surface area contributed by atoms with Gasteiger partial charge < -0.3 is 4.90 Å². The molecule has 0 spiro atoms. The first kappa shape index (κ1) is 22.0. The highest BCUT2D eigenvalue weighted by Gasteiger charge is 2.20. The summed E-state index contributed by atoms with van der Waals surface area (Å²) >= 11 is 0. The summed E-state index contributed by atoms with van der Waals surface area (Å²) < 4.78 is 0. The minimum Gasteiger partial charge on any atom is -0.371 e. The molecule has 0 aliphatic rings. The van der Waals surface area contributed by atoms with E-state index in [0.29, 0.717) is 5.92 Å². The van der Waals surface area contributed by atoms with Crippen molar-refractivity contribution >= 4 is 5.57 Å². The molecule has 0 fully saturated rings. The summed E-state index contributed by atoms with van der Waals surface area (Å²) in [6.45, 7) is 13.4. The normalized spacial score (nSPS) is 13.5. The summed E-state index contributed by atoms with van der Waals surface area (Å²) in [5, 5.41) is 0. The van der Waals surface area contributed by atoms with Crippen LogP contribution in [-0.2, 0) is 0 Å². The highest BCUT2D eigenvalue weighted by molar-refractivity contribution is 5.80. The minimum atomic E-state index is 0.544. The fourth-order valence-electron chi connectivity index (χ4n) is 3.96. The minimum absolute atomic E-state index is 0.544. The largest absolute Gasteiger partial charge is 0.371 e. The maximum atomic E-state index is 2.62. The Hall–Kier alpha value is -2.28. The quantitative estimate of drug-likeness (QED) is 0.386. The molecule has 0 saturated heterocycles. The van der Waals surface area contributed by atoms with Gasteiger partial charge in [0.2, 0.25) is 0 Å². The van der Waals surface area contributed by atoms with Crippen LogP contribution in [0.15, 0.2) is 72.4 Å². The van der Waals surface area contributed by atoms with Gasteiger partial charge in [0.05, 0.1) is 0 Å². The van der Waals surface area contributed by atoms with E-state index in [-0.39, 0.29) is 0 Å². The average molecular weight is 376 g/mol. The maximum absolute atomic E-state index is 2.62. The summed E-state index contributed by atoms with van der Waals surface area (Å²) in [4.78, 5) is 2.62. The van der Waals surface area contributed by atoms with E-state index < -0.39 is 0 Å². The molecule has 1 unspecified atom stereocenters. The van der Waals surface area contributed by atoms with Crippen LogP contribution in [0.3, 0.4) is 0 Å². The van der Waals surface area contributed by atoms with Gasteiger partial charge in [0.15, 0.2) is 0 Å². The molecule has 28 heavy (non-hydrogen) atoms. The molecule has 0 bridgehead atoms. The molecule has 0 radical (unpaired) electrons. The summed E-state index contributed by atoms with van der Waals surface area (Å²) in [5.41, 5.74) is 6.87. The average Bonchev–Trinajstić information content (AvgIpc) is 2.73.